The van der Waals surface area contributed by atoms with Crippen LogP contribution >= 0.6 is 0 Å². The number of amides is 1. The molecule has 0 aromatic heterocycles. The highest BCUT2D eigenvalue weighted by Gasteiger charge is 2.31. The smallest absolute Gasteiger partial charge is 0.243 e. The Morgan fingerprint density at radius 2 is 1.85 bits per heavy atom. The summed E-state index contributed by atoms with van der Waals surface area (Å²) in [7, 11) is -3.57. The van der Waals surface area contributed by atoms with Crippen LogP contribution in [0, 0.1) is 17.2 Å². The standard InChI is InChI=1S/C19H27N3O3S/c1-2-3-4-5-12-21-19(23)17-10-13-22(14-11-17)26(24,25)18-8-6-16(15-20)7-9-18/h6-9,17H,2-5,10-14H2,1H3,(H,21,23). The van der Waals surface area contributed by atoms with Crippen molar-refractivity contribution < 1.29 is 13.2 Å². The molecule has 26 heavy (non-hydrogen) atoms. The average molecular weight is 378 g/mol. The molecule has 6 nitrogen and oxygen atoms in total. The monoisotopic (exact) mass is 377 g/mol. The summed E-state index contributed by atoms with van der Waals surface area (Å²) in [6.07, 6.45) is 5.54. The van der Waals surface area contributed by atoms with Gasteiger partial charge in [-0.05, 0) is 43.5 Å². The second-order valence-corrected chi connectivity index (χ2v) is 8.60. The fraction of sp³-hybridized carbons (Fsp3) is 0.579. The molecule has 1 aromatic rings. The van der Waals surface area contributed by atoms with Crippen LogP contribution in [0.15, 0.2) is 29.2 Å². The van der Waals surface area contributed by atoms with E-state index in [1.807, 2.05) is 6.07 Å². The minimum absolute atomic E-state index is 0.0388. The van der Waals surface area contributed by atoms with Crippen molar-refractivity contribution in [3.63, 3.8) is 0 Å². The lowest BCUT2D eigenvalue weighted by Gasteiger charge is -2.30. The molecule has 2 rings (SSSR count). The normalized spacial score (nSPS) is 16.2. The van der Waals surface area contributed by atoms with Crippen LogP contribution in [0.3, 0.4) is 0 Å². The number of nitrogens with one attached hydrogen (secondary N) is 1. The van der Waals surface area contributed by atoms with Gasteiger partial charge in [0, 0.05) is 25.6 Å². The molecule has 1 amide bonds. The lowest BCUT2D eigenvalue weighted by molar-refractivity contribution is -0.126. The molecule has 1 fully saturated rings. The molecular formula is C19H27N3O3S. The van der Waals surface area contributed by atoms with Gasteiger partial charge in [0.15, 0.2) is 0 Å². The minimum Gasteiger partial charge on any atom is -0.356 e. The van der Waals surface area contributed by atoms with Crippen molar-refractivity contribution in [2.45, 2.75) is 50.3 Å². The SMILES string of the molecule is CCCCCCNC(=O)C1CCN(S(=O)(=O)c2ccc(C#N)cc2)CC1. The fourth-order valence-corrected chi connectivity index (χ4v) is 4.59. The van der Waals surface area contributed by atoms with Gasteiger partial charge < -0.3 is 5.32 Å². The van der Waals surface area contributed by atoms with Crippen molar-refractivity contribution in [2.24, 2.45) is 5.92 Å². The van der Waals surface area contributed by atoms with Crippen molar-refractivity contribution in [2.75, 3.05) is 19.6 Å². The third-order valence-electron chi connectivity index (χ3n) is 4.78. The summed E-state index contributed by atoms with van der Waals surface area (Å²) in [4.78, 5) is 12.4. The maximum atomic E-state index is 12.7. The van der Waals surface area contributed by atoms with E-state index < -0.39 is 10.0 Å². The Balaban J connectivity index is 1.85. The van der Waals surface area contributed by atoms with Gasteiger partial charge in [0.25, 0.3) is 0 Å². The number of sulfonamides is 1. The average Bonchev–Trinajstić information content (AvgIpc) is 2.67. The van der Waals surface area contributed by atoms with Crippen LogP contribution in [-0.4, -0.2) is 38.3 Å². The van der Waals surface area contributed by atoms with Crippen LogP contribution in [0.4, 0.5) is 0 Å². The van der Waals surface area contributed by atoms with Crippen LogP contribution < -0.4 is 5.32 Å². The topological polar surface area (TPSA) is 90.3 Å². The molecule has 0 spiro atoms. The number of unbranched alkanes of at least 4 members (excludes halogenated alkanes) is 3. The zero-order valence-electron chi connectivity index (χ0n) is 15.3. The van der Waals surface area contributed by atoms with E-state index in [0.717, 1.165) is 12.8 Å². The third-order valence-corrected chi connectivity index (χ3v) is 6.69. The predicted molar refractivity (Wildman–Crippen MR) is 99.8 cm³/mol. The van der Waals surface area contributed by atoms with Crippen molar-refractivity contribution in [3.8, 4) is 6.07 Å². The quantitative estimate of drug-likeness (QED) is 0.705. The summed E-state index contributed by atoms with van der Waals surface area (Å²) in [6.45, 7) is 3.54. The van der Waals surface area contributed by atoms with E-state index in [2.05, 4.69) is 12.2 Å². The van der Waals surface area contributed by atoms with Crippen LogP contribution in [0.1, 0.15) is 51.0 Å². The highest BCUT2D eigenvalue weighted by molar-refractivity contribution is 7.89. The summed E-state index contributed by atoms with van der Waals surface area (Å²) in [6, 6.07) is 7.91. The van der Waals surface area contributed by atoms with Gasteiger partial charge in [-0.3, -0.25) is 4.79 Å². The first kappa shape index (κ1) is 20.4. The Bertz CT molecular complexity index is 730. The van der Waals surface area contributed by atoms with Crippen LogP contribution in [0.25, 0.3) is 0 Å². The van der Waals surface area contributed by atoms with Gasteiger partial charge in [0.2, 0.25) is 15.9 Å². The number of nitrogens with zero attached hydrogens (tertiary/aromatic N) is 2. The fourth-order valence-electron chi connectivity index (χ4n) is 3.12. The van der Waals surface area contributed by atoms with Crippen molar-refractivity contribution in [1.82, 2.24) is 9.62 Å². The van der Waals surface area contributed by atoms with E-state index in [1.54, 1.807) is 0 Å². The van der Waals surface area contributed by atoms with Gasteiger partial charge in [-0.25, -0.2) is 8.42 Å². The van der Waals surface area contributed by atoms with Gasteiger partial charge in [-0.15, -0.1) is 0 Å². The van der Waals surface area contributed by atoms with E-state index in [0.29, 0.717) is 38.0 Å². The first-order chi connectivity index (χ1) is 12.5. The number of hydrogen-bond acceptors (Lipinski definition) is 4. The molecule has 0 saturated carbocycles. The summed E-state index contributed by atoms with van der Waals surface area (Å²) in [5.74, 6) is -0.0782. The Labute approximate surface area is 156 Å². The van der Waals surface area contributed by atoms with Crippen molar-refractivity contribution in [1.29, 1.82) is 5.26 Å². The molecule has 0 radical (unpaired) electrons. The van der Waals surface area contributed by atoms with Gasteiger partial charge in [0.05, 0.1) is 16.5 Å². The molecule has 7 heteroatoms. The molecule has 1 N–H and O–H groups in total. The number of benzene rings is 1. The second kappa shape index (κ2) is 9.70. The van der Waals surface area contributed by atoms with Gasteiger partial charge in [0.1, 0.15) is 0 Å². The number of piperidine rings is 1. The minimum atomic E-state index is -3.57. The molecule has 1 aliphatic rings. The number of carbonyl (C=O) groups excluding carboxylic acids is 1. The Hall–Kier alpha value is -1.91. The van der Waals surface area contributed by atoms with E-state index >= 15 is 0 Å². The van der Waals surface area contributed by atoms with E-state index in [4.69, 9.17) is 5.26 Å². The first-order valence-corrected chi connectivity index (χ1v) is 10.7. The van der Waals surface area contributed by atoms with E-state index in [9.17, 15) is 13.2 Å². The molecule has 1 aliphatic heterocycles. The largest absolute Gasteiger partial charge is 0.356 e. The van der Waals surface area contributed by atoms with E-state index in [-0.39, 0.29) is 16.7 Å². The summed E-state index contributed by atoms with van der Waals surface area (Å²) < 4.78 is 26.8. The highest BCUT2D eigenvalue weighted by atomic mass is 32.2. The second-order valence-electron chi connectivity index (χ2n) is 6.67. The number of carbonyl (C=O) groups is 1. The Kier molecular flexibility index (Phi) is 7.61. The van der Waals surface area contributed by atoms with Gasteiger partial charge in [-0.1, -0.05) is 26.2 Å². The highest BCUT2D eigenvalue weighted by Crippen LogP contribution is 2.24. The molecule has 1 heterocycles. The molecule has 1 saturated heterocycles. The Morgan fingerprint density at radius 1 is 1.19 bits per heavy atom. The molecule has 142 valence electrons. The predicted octanol–water partition coefficient (Wildman–Crippen LogP) is 2.66. The first-order valence-electron chi connectivity index (χ1n) is 9.27. The zero-order chi connectivity index (χ0) is 19.0. The zero-order valence-corrected chi connectivity index (χ0v) is 16.1. The summed E-state index contributed by atoms with van der Waals surface area (Å²) >= 11 is 0. The number of hydrogen-bond donors (Lipinski definition) is 1. The van der Waals surface area contributed by atoms with Crippen LogP contribution in [0.5, 0.6) is 0 Å². The lowest BCUT2D eigenvalue weighted by Crippen LogP contribution is -2.43. The van der Waals surface area contributed by atoms with Crippen LogP contribution in [-0.2, 0) is 14.8 Å². The molecule has 0 atom stereocenters. The third kappa shape index (κ3) is 5.29. The number of rotatable bonds is 8. The van der Waals surface area contributed by atoms with Gasteiger partial charge >= 0.3 is 0 Å². The molecular weight excluding hydrogens is 350 g/mol. The summed E-state index contributed by atoms with van der Waals surface area (Å²) in [5, 5.41) is 11.8. The molecule has 0 aliphatic carbocycles. The maximum Gasteiger partial charge on any atom is 0.243 e. The van der Waals surface area contributed by atoms with Crippen molar-refractivity contribution >= 4 is 15.9 Å². The molecule has 0 unspecified atom stereocenters. The molecule has 0 bridgehead atoms. The maximum absolute atomic E-state index is 12.7. The summed E-state index contributed by atoms with van der Waals surface area (Å²) in [5.41, 5.74) is 0.429. The van der Waals surface area contributed by atoms with Crippen molar-refractivity contribution in [3.05, 3.63) is 29.8 Å². The van der Waals surface area contributed by atoms with Crippen LogP contribution in [0.2, 0.25) is 0 Å². The lowest BCUT2D eigenvalue weighted by atomic mass is 9.97. The Morgan fingerprint density at radius 3 is 2.42 bits per heavy atom. The number of nitriles is 1. The van der Waals surface area contributed by atoms with Gasteiger partial charge in [-0.2, -0.15) is 9.57 Å². The van der Waals surface area contributed by atoms with E-state index in [1.165, 1.54) is 41.4 Å². The molecule has 1 aromatic carbocycles.